The Morgan fingerprint density at radius 3 is 2.39 bits per heavy atom. The molecular weight excluding hydrogens is 432 g/mol. The molecule has 5 atom stereocenters. The number of aliphatic hydroxyl groups excluding tert-OH is 2. The molecule has 10 nitrogen and oxygen atoms in total. The molecule has 1 aromatic carbocycles. The van der Waals surface area contributed by atoms with Gasteiger partial charge in [-0.25, -0.2) is 0 Å². The van der Waals surface area contributed by atoms with E-state index in [1.807, 2.05) is 0 Å². The molecule has 1 amide bonds. The van der Waals surface area contributed by atoms with Crippen LogP contribution in [0.2, 0.25) is 0 Å². The SMILES string of the molecule is C=C1c2cccc(O)c2C(=O)C2=C(O)[C@]3(O)C(=O)C(C(N)=O)=C(O)[C@H](N(C)C)[C@@H]3[C@H](C=O)[C@H]12. The van der Waals surface area contributed by atoms with Gasteiger partial charge in [0, 0.05) is 23.3 Å². The van der Waals surface area contributed by atoms with E-state index in [4.69, 9.17) is 5.73 Å². The summed E-state index contributed by atoms with van der Waals surface area (Å²) in [7, 11) is 2.95. The molecular formula is C23H22N2O8. The zero-order chi connectivity index (χ0) is 24.6. The molecule has 0 unspecified atom stereocenters. The number of aromatic hydroxyl groups is 1. The predicted octanol–water partition coefficient (Wildman–Crippen LogP) is 0.0163. The third kappa shape index (κ3) is 2.61. The number of nitrogens with zero attached hydrogens (tertiary/aromatic N) is 1. The average molecular weight is 454 g/mol. The van der Waals surface area contributed by atoms with Crippen LogP contribution in [0.1, 0.15) is 15.9 Å². The van der Waals surface area contributed by atoms with Crippen molar-refractivity contribution < 1.29 is 39.6 Å². The van der Waals surface area contributed by atoms with Gasteiger partial charge in [0.05, 0.1) is 11.6 Å². The highest BCUT2D eigenvalue weighted by Gasteiger charge is 2.67. The summed E-state index contributed by atoms with van der Waals surface area (Å²) in [6.07, 6.45) is 0.422. The number of fused-ring (bicyclic) bond motifs is 3. The minimum absolute atomic E-state index is 0.201. The van der Waals surface area contributed by atoms with Gasteiger partial charge >= 0.3 is 0 Å². The number of carbonyl (C=O) groups is 4. The minimum atomic E-state index is -2.92. The summed E-state index contributed by atoms with van der Waals surface area (Å²) in [6.45, 7) is 3.96. The Morgan fingerprint density at radius 2 is 1.85 bits per heavy atom. The van der Waals surface area contributed by atoms with Crippen LogP contribution in [-0.4, -0.2) is 74.8 Å². The highest BCUT2D eigenvalue weighted by Crippen LogP contribution is 2.56. The number of benzene rings is 1. The normalized spacial score (nSPS) is 31.3. The zero-order valence-electron chi connectivity index (χ0n) is 17.8. The van der Waals surface area contributed by atoms with E-state index < -0.39 is 75.3 Å². The van der Waals surface area contributed by atoms with Crippen molar-refractivity contribution in [2.45, 2.75) is 11.6 Å². The molecule has 33 heavy (non-hydrogen) atoms. The molecule has 6 N–H and O–H groups in total. The van der Waals surface area contributed by atoms with E-state index in [1.54, 1.807) is 0 Å². The van der Waals surface area contributed by atoms with E-state index in [0.29, 0.717) is 6.29 Å². The Hall–Kier alpha value is -3.76. The molecule has 172 valence electrons. The fourth-order valence-corrected chi connectivity index (χ4v) is 5.48. The van der Waals surface area contributed by atoms with Gasteiger partial charge in [0.25, 0.3) is 5.91 Å². The van der Waals surface area contributed by atoms with Crippen LogP contribution in [-0.2, 0) is 14.4 Å². The smallest absolute Gasteiger partial charge is 0.255 e. The molecule has 0 saturated heterocycles. The number of aldehydes is 1. The number of carbonyl (C=O) groups excluding carboxylic acids is 4. The van der Waals surface area contributed by atoms with E-state index in [9.17, 15) is 39.6 Å². The first kappa shape index (κ1) is 22.4. The third-order valence-corrected chi connectivity index (χ3v) is 6.85. The highest BCUT2D eigenvalue weighted by atomic mass is 16.3. The van der Waals surface area contributed by atoms with Crippen molar-refractivity contribution in [1.29, 1.82) is 0 Å². The molecule has 0 spiro atoms. The number of rotatable bonds is 3. The quantitative estimate of drug-likeness (QED) is 0.311. The van der Waals surface area contributed by atoms with Crippen LogP contribution >= 0.6 is 0 Å². The van der Waals surface area contributed by atoms with Crippen molar-refractivity contribution in [1.82, 2.24) is 4.90 Å². The van der Waals surface area contributed by atoms with E-state index >= 15 is 0 Å². The monoisotopic (exact) mass is 454 g/mol. The van der Waals surface area contributed by atoms with Crippen LogP contribution < -0.4 is 5.73 Å². The first-order valence-electron chi connectivity index (χ1n) is 10.0. The largest absolute Gasteiger partial charge is 0.510 e. The molecule has 0 heterocycles. The number of nitrogens with two attached hydrogens (primary N) is 1. The van der Waals surface area contributed by atoms with Gasteiger partial charge < -0.3 is 31.0 Å². The van der Waals surface area contributed by atoms with E-state index in [1.165, 1.54) is 37.2 Å². The summed E-state index contributed by atoms with van der Waals surface area (Å²) in [5.74, 6) is -9.87. The molecule has 3 aliphatic carbocycles. The van der Waals surface area contributed by atoms with Gasteiger partial charge in [-0.1, -0.05) is 18.7 Å². The Bertz CT molecular complexity index is 1230. The summed E-state index contributed by atoms with van der Waals surface area (Å²) in [5, 5.41) is 43.9. The lowest BCUT2D eigenvalue weighted by Gasteiger charge is -2.53. The number of likely N-dealkylation sites (N-methyl/N-ethyl adjacent to an activating group) is 1. The second-order valence-electron chi connectivity index (χ2n) is 8.66. The molecule has 0 fully saturated rings. The van der Waals surface area contributed by atoms with Crippen molar-refractivity contribution in [2.24, 2.45) is 23.5 Å². The molecule has 0 bridgehead atoms. The topological polar surface area (TPSA) is 178 Å². The number of hydrogen-bond donors (Lipinski definition) is 5. The van der Waals surface area contributed by atoms with Crippen molar-refractivity contribution >= 4 is 29.3 Å². The second-order valence-corrected chi connectivity index (χ2v) is 8.66. The molecule has 3 aliphatic rings. The number of primary amides is 1. The molecule has 0 radical (unpaired) electrons. The van der Waals surface area contributed by atoms with Gasteiger partial charge in [0.1, 0.15) is 29.1 Å². The lowest BCUT2D eigenvalue weighted by atomic mass is 9.53. The van der Waals surface area contributed by atoms with Crippen LogP contribution in [0.3, 0.4) is 0 Å². The van der Waals surface area contributed by atoms with Gasteiger partial charge in [0.2, 0.25) is 5.78 Å². The summed E-state index contributed by atoms with van der Waals surface area (Å²) in [5.41, 5.74) is 1.19. The fourth-order valence-electron chi connectivity index (χ4n) is 5.48. The number of phenolic OH excluding ortho intramolecular Hbond substituents is 1. The Kier molecular flexibility index (Phi) is 4.84. The molecule has 4 rings (SSSR count). The van der Waals surface area contributed by atoms with Crippen LogP contribution in [0.5, 0.6) is 5.75 Å². The van der Waals surface area contributed by atoms with Crippen molar-refractivity contribution in [3.05, 3.63) is 58.6 Å². The molecule has 1 aromatic rings. The van der Waals surface area contributed by atoms with Crippen molar-refractivity contribution in [3.8, 4) is 5.75 Å². The molecule has 0 aromatic heterocycles. The number of hydrogen-bond acceptors (Lipinski definition) is 9. The zero-order valence-corrected chi connectivity index (χ0v) is 17.8. The Morgan fingerprint density at radius 1 is 1.21 bits per heavy atom. The number of allylic oxidation sites excluding steroid dienone is 2. The predicted molar refractivity (Wildman–Crippen MR) is 114 cm³/mol. The molecule has 0 saturated carbocycles. The fraction of sp³-hybridized carbons (Fsp3) is 0.304. The first-order chi connectivity index (χ1) is 15.4. The maximum atomic E-state index is 13.4. The first-order valence-corrected chi connectivity index (χ1v) is 10.0. The maximum absolute atomic E-state index is 13.4. The summed E-state index contributed by atoms with van der Waals surface area (Å²) >= 11 is 0. The number of aliphatic hydroxyl groups is 3. The lowest BCUT2D eigenvalue weighted by Crippen LogP contribution is -2.66. The average Bonchev–Trinajstić information content (AvgIpc) is 2.73. The van der Waals surface area contributed by atoms with Crippen molar-refractivity contribution in [2.75, 3.05) is 14.1 Å². The highest BCUT2D eigenvalue weighted by molar-refractivity contribution is 6.25. The molecule has 0 aliphatic heterocycles. The maximum Gasteiger partial charge on any atom is 0.255 e. The van der Waals surface area contributed by atoms with Gasteiger partial charge in [-0.05, 0) is 31.3 Å². The van der Waals surface area contributed by atoms with Crippen LogP contribution in [0.4, 0.5) is 0 Å². The Balaban J connectivity index is 2.11. The number of amides is 1. The second kappa shape index (κ2) is 7.12. The third-order valence-electron chi connectivity index (χ3n) is 6.85. The summed E-state index contributed by atoms with van der Waals surface area (Å²) in [4.78, 5) is 52.4. The van der Waals surface area contributed by atoms with Crippen LogP contribution in [0.15, 0.2) is 47.4 Å². The van der Waals surface area contributed by atoms with Gasteiger partial charge in [0.15, 0.2) is 11.4 Å². The number of Topliss-reactive ketones (excluding diaryl/α,β-unsaturated/α-hetero) is 2. The standard InChI is InChI=1S/C23H22N2O8/c1-8-9-5-4-6-11(27)13(9)18(28)14-12(8)10(7-26)16-17(25(2)3)19(29)15(22(24)32)21(31)23(16,33)20(14)30/h4-7,10,12,16-17,27,29-30,33H,1H2,2-3H3,(H2,24,32)/t10-,12+,16+,17-,23+/m1/s1. The minimum Gasteiger partial charge on any atom is -0.510 e. The van der Waals surface area contributed by atoms with Crippen LogP contribution in [0.25, 0.3) is 5.57 Å². The van der Waals surface area contributed by atoms with E-state index in [2.05, 4.69) is 6.58 Å². The van der Waals surface area contributed by atoms with Crippen LogP contribution in [0, 0.1) is 17.8 Å². The molecule has 10 heteroatoms. The van der Waals surface area contributed by atoms with Gasteiger partial charge in [-0.15, -0.1) is 0 Å². The van der Waals surface area contributed by atoms with Gasteiger partial charge in [-0.2, -0.15) is 0 Å². The van der Waals surface area contributed by atoms with Gasteiger partial charge in [-0.3, -0.25) is 19.3 Å². The summed E-state index contributed by atoms with van der Waals surface area (Å²) in [6, 6.07) is 2.96. The van der Waals surface area contributed by atoms with E-state index in [-0.39, 0.29) is 16.7 Å². The number of ketones is 2. The summed E-state index contributed by atoms with van der Waals surface area (Å²) < 4.78 is 0. The van der Waals surface area contributed by atoms with E-state index in [0.717, 1.165) is 0 Å². The number of phenols is 1. The lowest BCUT2D eigenvalue weighted by molar-refractivity contribution is -0.154. The van der Waals surface area contributed by atoms with Crippen molar-refractivity contribution in [3.63, 3.8) is 0 Å². The Labute approximate surface area is 187 Å².